The molecule has 0 saturated heterocycles. The van der Waals surface area contributed by atoms with Gasteiger partial charge in [0.05, 0.1) is 12.1 Å². The number of rotatable bonds is 5. The van der Waals surface area contributed by atoms with Crippen molar-refractivity contribution >= 4 is 0 Å². The molecule has 2 aromatic rings. The summed E-state index contributed by atoms with van der Waals surface area (Å²) in [5.74, 6) is 0.710. The lowest BCUT2D eigenvalue weighted by Crippen LogP contribution is -2.17. The van der Waals surface area contributed by atoms with Gasteiger partial charge in [-0.25, -0.2) is 4.39 Å². The maximum atomic E-state index is 13.0. The Hall–Kier alpha value is -1.87. The van der Waals surface area contributed by atoms with Crippen molar-refractivity contribution in [1.82, 2.24) is 5.32 Å². The highest BCUT2D eigenvalue weighted by Gasteiger charge is 2.23. The Morgan fingerprint density at radius 2 is 1.55 bits per heavy atom. The predicted octanol–water partition coefficient (Wildman–Crippen LogP) is 3.68. The third kappa shape index (κ3) is 2.99. The molecule has 1 aliphatic rings. The van der Waals surface area contributed by atoms with Crippen LogP contribution in [0.4, 0.5) is 4.39 Å². The average Bonchev–Trinajstić information content (AvgIpc) is 3.27. The van der Waals surface area contributed by atoms with Crippen LogP contribution in [0.15, 0.2) is 48.5 Å². The van der Waals surface area contributed by atoms with Gasteiger partial charge in [0.15, 0.2) is 0 Å². The van der Waals surface area contributed by atoms with Crippen LogP contribution in [0.5, 0.6) is 5.75 Å². The van der Waals surface area contributed by atoms with E-state index in [0.717, 1.165) is 29.7 Å². The molecule has 0 radical (unpaired) electrons. The summed E-state index contributed by atoms with van der Waals surface area (Å²) in [4.78, 5) is 0. The zero-order chi connectivity index (χ0) is 13.9. The molecule has 1 unspecified atom stereocenters. The molecule has 0 amide bonds. The Kier molecular flexibility index (Phi) is 3.70. The number of benzene rings is 2. The SMILES string of the molecule is CNC(c1ccc(F)cc1)c1ccc(OC2CC2)cc1. The van der Waals surface area contributed by atoms with Crippen molar-refractivity contribution in [2.75, 3.05) is 7.05 Å². The van der Waals surface area contributed by atoms with Crippen molar-refractivity contribution in [3.63, 3.8) is 0 Å². The summed E-state index contributed by atoms with van der Waals surface area (Å²) in [6.45, 7) is 0. The number of halogens is 1. The van der Waals surface area contributed by atoms with Gasteiger partial charge in [-0.05, 0) is 55.3 Å². The van der Waals surface area contributed by atoms with Crippen LogP contribution in [0, 0.1) is 5.82 Å². The highest BCUT2D eigenvalue weighted by Crippen LogP contribution is 2.28. The van der Waals surface area contributed by atoms with Crippen molar-refractivity contribution in [1.29, 1.82) is 0 Å². The number of hydrogen-bond donors (Lipinski definition) is 1. The minimum Gasteiger partial charge on any atom is -0.490 e. The van der Waals surface area contributed by atoms with Crippen LogP contribution in [-0.2, 0) is 0 Å². The van der Waals surface area contributed by atoms with Gasteiger partial charge < -0.3 is 10.1 Å². The Morgan fingerprint density at radius 3 is 2.05 bits per heavy atom. The van der Waals surface area contributed by atoms with Crippen LogP contribution in [-0.4, -0.2) is 13.2 Å². The maximum absolute atomic E-state index is 13.0. The van der Waals surface area contributed by atoms with Gasteiger partial charge in [0.25, 0.3) is 0 Å². The molecule has 0 heterocycles. The first-order valence-electron chi connectivity index (χ1n) is 6.95. The lowest BCUT2D eigenvalue weighted by molar-refractivity contribution is 0.303. The molecular formula is C17H18FNO. The monoisotopic (exact) mass is 271 g/mol. The summed E-state index contributed by atoms with van der Waals surface area (Å²) in [6.07, 6.45) is 2.74. The second-order valence-electron chi connectivity index (χ2n) is 5.16. The van der Waals surface area contributed by atoms with E-state index in [1.54, 1.807) is 0 Å². The standard InChI is InChI=1S/C17H18FNO/c1-19-17(12-2-6-14(18)7-3-12)13-4-8-15(9-5-13)20-16-10-11-16/h2-9,16-17,19H,10-11H2,1H3. The van der Waals surface area contributed by atoms with Gasteiger partial charge >= 0.3 is 0 Å². The Balaban J connectivity index is 1.79. The molecule has 0 spiro atoms. The first kappa shape index (κ1) is 13.1. The Labute approximate surface area is 118 Å². The van der Waals surface area contributed by atoms with E-state index < -0.39 is 0 Å². The van der Waals surface area contributed by atoms with Gasteiger partial charge in [-0.3, -0.25) is 0 Å². The Morgan fingerprint density at radius 1 is 1.00 bits per heavy atom. The van der Waals surface area contributed by atoms with Crippen molar-refractivity contribution in [3.8, 4) is 5.75 Å². The van der Waals surface area contributed by atoms with Crippen molar-refractivity contribution in [2.45, 2.75) is 25.0 Å². The average molecular weight is 271 g/mol. The van der Waals surface area contributed by atoms with E-state index >= 15 is 0 Å². The molecule has 1 atom stereocenters. The molecule has 104 valence electrons. The highest BCUT2D eigenvalue weighted by atomic mass is 19.1. The van der Waals surface area contributed by atoms with E-state index in [0.29, 0.717) is 6.10 Å². The molecule has 0 aromatic heterocycles. The summed E-state index contributed by atoms with van der Waals surface area (Å²) in [7, 11) is 1.91. The molecule has 3 heteroatoms. The van der Waals surface area contributed by atoms with Crippen LogP contribution in [0.25, 0.3) is 0 Å². The fourth-order valence-corrected chi connectivity index (χ4v) is 2.30. The van der Waals surface area contributed by atoms with Gasteiger partial charge in [-0.1, -0.05) is 24.3 Å². The van der Waals surface area contributed by atoms with Crippen molar-refractivity contribution in [2.24, 2.45) is 0 Å². The summed E-state index contributed by atoms with van der Waals surface area (Å²) in [5.41, 5.74) is 2.19. The molecular weight excluding hydrogens is 253 g/mol. The van der Waals surface area contributed by atoms with E-state index in [4.69, 9.17) is 4.74 Å². The second-order valence-corrected chi connectivity index (χ2v) is 5.16. The lowest BCUT2D eigenvalue weighted by atomic mass is 9.99. The molecule has 20 heavy (non-hydrogen) atoms. The molecule has 1 fully saturated rings. The summed E-state index contributed by atoms with van der Waals surface area (Å²) in [6, 6.07) is 14.8. The zero-order valence-corrected chi connectivity index (χ0v) is 11.5. The molecule has 3 rings (SSSR count). The zero-order valence-electron chi connectivity index (χ0n) is 11.5. The number of ether oxygens (including phenoxy) is 1. The van der Waals surface area contributed by atoms with E-state index in [1.807, 2.05) is 31.3 Å². The van der Waals surface area contributed by atoms with Gasteiger partial charge in [-0.15, -0.1) is 0 Å². The van der Waals surface area contributed by atoms with Crippen molar-refractivity contribution in [3.05, 3.63) is 65.5 Å². The van der Waals surface area contributed by atoms with Gasteiger partial charge in [0, 0.05) is 0 Å². The maximum Gasteiger partial charge on any atom is 0.123 e. The fraction of sp³-hybridized carbons (Fsp3) is 0.294. The first-order valence-corrected chi connectivity index (χ1v) is 6.95. The van der Waals surface area contributed by atoms with Crippen LogP contribution in [0.3, 0.4) is 0 Å². The fourth-order valence-electron chi connectivity index (χ4n) is 2.30. The van der Waals surface area contributed by atoms with Gasteiger partial charge in [-0.2, -0.15) is 0 Å². The van der Waals surface area contributed by atoms with Crippen LogP contribution >= 0.6 is 0 Å². The first-order chi connectivity index (χ1) is 9.76. The normalized spacial score (nSPS) is 15.9. The quantitative estimate of drug-likeness (QED) is 0.895. The van der Waals surface area contributed by atoms with Gasteiger partial charge in [0.2, 0.25) is 0 Å². The molecule has 1 aliphatic carbocycles. The van der Waals surface area contributed by atoms with Crippen LogP contribution in [0.2, 0.25) is 0 Å². The van der Waals surface area contributed by atoms with Crippen molar-refractivity contribution < 1.29 is 9.13 Å². The van der Waals surface area contributed by atoms with Gasteiger partial charge in [0.1, 0.15) is 11.6 Å². The minimum atomic E-state index is -0.211. The highest BCUT2D eigenvalue weighted by molar-refractivity contribution is 5.35. The van der Waals surface area contributed by atoms with E-state index in [1.165, 1.54) is 12.1 Å². The lowest BCUT2D eigenvalue weighted by Gasteiger charge is -2.17. The Bertz CT molecular complexity index is 561. The second kappa shape index (κ2) is 5.63. The largest absolute Gasteiger partial charge is 0.490 e. The number of hydrogen-bond acceptors (Lipinski definition) is 2. The smallest absolute Gasteiger partial charge is 0.123 e. The van der Waals surface area contributed by atoms with E-state index in [9.17, 15) is 4.39 Å². The molecule has 1 saturated carbocycles. The third-order valence-electron chi connectivity index (χ3n) is 3.53. The van der Waals surface area contributed by atoms with E-state index in [-0.39, 0.29) is 11.9 Å². The van der Waals surface area contributed by atoms with Crippen LogP contribution < -0.4 is 10.1 Å². The third-order valence-corrected chi connectivity index (χ3v) is 3.53. The number of nitrogens with one attached hydrogen (secondary N) is 1. The molecule has 2 aromatic carbocycles. The van der Waals surface area contributed by atoms with E-state index in [2.05, 4.69) is 17.4 Å². The molecule has 1 N–H and O–H groups in total. The summed E-state index contributed by atoms with van der Waals surface area (Å²) >= 11 is 0. The molecule has 0 bridgehead atoms. The van der Waals surface area contributed by atoms with Crippen LogP contribution in [0.1, 0.15) is 30.0 Å². The molecule has 0 aliphatic heterocycles. The summed E-state index contributed by atoms with van der Waals surface area (Å²) < 4.78 is 18.7. The topological polar surface area (TPSA) is 21.3 Å². The molecule has 2 nitrogen and oxygen atoms in total. The predicted molar refractivity (Wildman–Crippen MR) is 77.4 cm³/mol. The summed E-state index contributed by atoms with van der Waals surface area (Å²) in [5, 5.41) is 3.26. The minimum absolute atomic E-state index is 0.0607.